The van der Waals surface area contributed by atoms with E-state index in [0.717, 1.165) is 17.0 Å². The van der Waals surface area contributed by atoms with Crippen LogP contribution in [0.25, 0.3) is 0 Å². The minimum Gasteiger partial charge on any atom is -0.497 e. The number of nitrogens with one attached hydrogen (secondary N) is 2. The Hall–Kier alpha value is -3.52. The molecule has 0 radical (unpaired) electrons. The van der Waals surface area contributed by atoms with Crippen molar-refractivity contribution in [1.29, 1.82) is 0 Å². The van der Waals surface area contributed by atoms with Crippen molar-refractivity contribution in [2.45, 2.75) is 26.3 Å². The lowest BCUT2D eigenvalue weighted by atomic mass is 10.0. The fraction of sp³-hybridized carbons (Fsp3) is 0.240. The van der Waals surface area contributed by atoms with Gasteiger partial charge in [-0.1, -0.05) is 49.6 Å². The van der Waals surface area contributed by atoms with E-state index >= 15 is 0 Å². The summed E-state index contributed by atoms with van der Waals surface area (Å²) in [5, 5.41) is 2.78. The largest absolute Gasteiger partial charge is 0.497 e. The van der Waals surface area contributed by atoms with Gasteiger partial charge in [0.25, 0.3) is 10.0 Å². The number of nitrogens with zero attached hydrogens (tertiary/aromatic N) is 1. The Bertz CT molecular complexity index is 1090. The zero-order valence-electron chi connectivity index (χ0n) is 19.2. The summed E-state index contributed by atoms with van der Waals surface area (Å²) in [6, 6.07) is 15.7. The molecule has 0 spiro atoms. The highest BCUT2D eigenvalue weighted by atomic mass is 32.2. The smallest absolute Gasteiger partial charge is 0.329 e. The molecule has 33 heavy (non-hydrogen) atoms. The van der Waals surface area contributed by atoms with E-state index in [1.54, 1.807) is 7.11 Å². The molecule has 0 aliphatic carbocycles. The molecule has 0 bridgehead atoms. The number of hydrogen-bond donors (Lipinski definition) is 2. The lowest BCUT2D eigenvalue weighted by Crippen LogP contribution is -2.48. The maximum Gasteiger partial charge on any atom is 0.329 e. The number of ether oxygens (including phenoxy) is 1. The molecule has 2 aromatic carbocycles. The Kier molecular flexibility index (Phi) is 9.30. The normalized spacial score (nSPS) is 12.4. The summed E-state index contributed by atoms with van der Waals surface area (Å²) >= 11 is 0. The Morgan fingerprint density at radius 1 is 1.15 bits per heavy atom. The van der Waals surface area contributed by atoms with Crippen molar-refractivity contribution in [3.8, 4) is 5.75 Å². The number of amides is 2. The third kappa shape index (κ3) is 7.25. The molecule has 1 atom stereocenters. The number of urea groups is 1. The van der Waals surface area contributed by atoms with E-state index in [1.807, 2.05) is 66.4 Å². The van der Waals surface area contributed by atoms with E-state index in [4.69, 9.17) is 4.74 Å². The average Bonchev–Trinajstić information content (AvgIpc) is 2.80. The summed E-state index contributed by atoms with van der Waals surface area (Å²) < 4.78 is 32.0. The number of rotatable bonds is 11. The van der Waals surface area contributed by atoms with Crippen LogP contribution in [0.5, 0.6) is 5.75 Å². The van der Waals surface area contributed by atoms with Gasteiger partial charge in [-0.25, -0.2) is 17.9 Å². The highest BCUT2D eigenvalue weighted by Gasteiger charge is 2.24. The molecule has 7 nitrogen and oxygen atoms in total. The van der Waals surface area contributed by atoms with Crippen LogP contribution in [0.15, 0.2) is 90.5 Å². The Morgan fingerprint density at radius 2 is 1.79 bits per heavy atom. The number of likely N-dealkylation sites (N-methyl/N-ethyl adjacent to an activating group) is 1. The summed E-state index contributed by atoms with van der Waals surface area (Å²) in [4.78, 5) is 14.6. The van der Waals surface area contributed by atoms with Crippen molar-refractivity contribution in [3.05, 3.63) is 96.1 Å². The third-order valence-electron chi connectivity index (χ3n) is 5.04. The molecule has 0 saturated carbocycles. The highest BCUT2D eigenvalue weighted by molar-refractivity contribution is 7.93. The maximum atomic E-state index is 12.7. The van der Waals surface area contributed by atoms with E-state index in [2.05, 4.69) is 23.2 Å². The van der Waals surface area contributed by atoms with Crippen LogP contribution < -0.4 is 19.7 Å². The van der Waals surface area contributed by atoms with Gasteiger partial charge < -0.3 is 15.0 Å². The van der Waals surface area contributed by atoms with Gasteiger partial charge in [0.1, 0.15) is 5.75 Å². The molecule has 0 saturated heterocycles. The molecular weight excluding hydrogens is 438 g/mol. The minimum atomic E-state index is -3.98. The molecule has 0 aliphatic rings. The van der Waals surface area contributed by atoms with Gasteiger partial charge in [0, 0.05) is 17.9 Å². The fourth-order valence-electron chi connectivity index (χ4n) is 3.25. The first-order chi connectivity index (χ1) is 15.7. The average molecular weight is 470 g/mol. The zero-order valence-corrected chi connectivity index (χ0v) is 20.1. The molecular formula is C25H31N3O4S. The monoisotopic (exact) mass is 469 g/mol. The summed E-state index contributed by atoms with van der Waals surface area (Å²) in [5.41, 5.74) is 2.47. The molecule has 0 aromatic heterocycles. The van der Waals surface area contributed by atoms with Crippen molar-refractivity contribution in [2.24, 2.45) is 0 Å². The van der Waals surface area contributed by atoms with Gasteiger partial charge in [0.2, 0.25) is 0 Å². The topological polar surface area (TPSA) is 87.7 Å². The first kappa shape index (κ1) is 25.7. The summed E-state index contributed by atoms with van der Waals surface area (Å²) in [6.45, 7) is 11.7. The fourth-order valence-corrected chi connectivity index (χ4v) is 3.99. The molecule has 2 rings (SSSR count). The van der Waals surface area contributed by atoms with E-state index in [1.165, 1.54) is 19.1 Å². The molecule has 0 fully saturated rings. The van der Waals surface area contributed by atoms with Crippen LogP contribution in [-0.4, -0.2) is 34.1 Å². The molecule has 2 N–H and O–H groups in total. The second kappa shape index (κ2) is 11.9. The highest BCUT2D eigenvalue weighted by Crippen LogP contribution is 2.24. The number of allylic oxidation sites excluding steroid dienone is 3. The number of carbonyl (C=O) groups excluding carboxylic acids is 1. The van der Waals surface area contributed by atoms with Gasteiger partial charge >= 0.3 is 6.03 Å². The summed E-state index contributed by atoms with van der Waals surface area (Å²) in [6.07, 6.45) is 3.10. The number of hydrogen-bond acceptors (Lipinski definition) is 5. The Labute approximate surface area is 196 Å². The van der Waals surface area contributed by atoms with E-state index in [0.29, 0.717) is 18.7 Å². The first-order valence-corrected chi connectivity index (χ1v) is 12.0. The van der Waals surface area contributed by atoms with Crippen LogP contribution in [-0.2, 0) is 16.4 Å². The molecule has 2 aromatic rings. The second-order valence-corrected chi connectivity index (χ2v) is 9.12. The van der Waals surface area contributed by atoms with Crippen molar-refractivity contribution < 1.29 is 17.9 Å². The van der Waals surface area contributed by atoms with Crippen molar-refractivity contribution in [2.75, 3.05) is 18.6 Å². The lowest BCUT2D eigenvalue weighted by Gasteiger charge is -2.32. The van der Waals surface area contributed by atoms with Gasteiger partial charge in [0.15, 0.2) is 0 Å². The van der Waals surface area contributed by atoms with Gasteiger partial charge in [-0.3, -0.25) is 0 Å². The predicted octanol–water partition coefficient (Wildman–Crippen LogP) is 4.37. The van der Waals surface area contributed by atoms with Gasteiger partial charge in [-0.2, -0.15) is 0 Å². The third-order valence-corrected chi connectivity index (χ3v) is 6.48. The molecule has 1 unspecified atom stereocenters. The van der Waals surface area contributed by atoms with Crippen LogP contribution >= 0.6 is 0 Å². The molecule has 176 valence electrons. The van der Waals surface area contributed by atoms with Crippen molar-refractivity contribution in [1.82, 2.24) is 10.0 Å². The van der Waals surface area contributed by atoms with Crippen molar-refractivity contribution in [3.63, 3.8) is 0 Å². The molecule has 8 heteroatoms. The lowest BCUT2D eigenvalue weighted by molar-refractivity contribution is 0.243. The van der Waals surface area contributed by atoms with E-state index < -0.39 is 22.1 Å². The predicted molar refractivity (Wildman–Crippen MR) is 134 cm³/mol. The SMILES string of the molecule is C=CC=C(C)S(=O)(=O)NC(=O)NC(Cc1ccccc1)C(=C)N(CC)c1ccc(OC)cc1. The summed E-state index contributed by atoms with van der Waals surface area (Å²) in [7, 11) is -2.38. The number of carbonyl (C=O) groups is 1. The van der Waals surface area contributed by atoms with Gasteiger partial charge in [-0.05, 0) is 56.2 Å². The number of methoxy groups -OCH3 is 1. The quantitative estimate of drug-likeness (QED) is 0.477. The first-order valence-electron chi connectivity index (χ1n) is 10.5. The van der Waals surface area contributed by atoms with Gasteiger partial charge in [0.05, 0.1) is 18.1 Å². The van der Waals surface area contributed by atoms with Crippen LogP contribution in [0.1, 0.15) is 19.4 Å². The maximum absolute atomic E-state index is 12.7. The van der Waals surface area contributed by atoms with E-state index in [-0.39, 0.29) is 4.91 Å². The zero-order chi connectivity index (χ0) is 24.4. The molecule has 0 heterocycles. The van der Waals surface area contributed by atoms with E-state index in [9.17, 15) is 13.2 Å². The second-order valence-electron chi connectivity index (χ2n) is 7.27. The number of anilines is 1. The number of sulfonamides is 1. The van der Waals surface area contributed by atoms with Crippen LogP contribution in [0, 0.1) is 0 Å². The van der Waals surface area contributed by atoms with Crippen molar-refractivity contribution >= 4 is 21.7 Å². The summed E-state index contributed by atoms with van der Waals surface area (Å²) in [5.74, 6) is 0.729. The Balaban J connectivity index is 2.30. The van der Waals surface area contributed by atoms with Gasteiger partial charge in [-0.15, -0.1) is 0 Å². The standard InChI is InChI=1S/C25H31N3O4S/c1-6-11-19(3)33(30,31)27-25(29)26-24(18-21-12-9-8-10-13-21)20(4)28(7-2)22-14-16-23(32-5)17-15-22/h6,8-17,24H,1,4,7,18H2,2-3,5H3,(H2,26,27,29). The molecule has 2 amide bonds. The Morgan fingerprint density at radius 3 is 2.33 bits per heavy atom. The van der Waals surface area contributed by atoms with Crippen LogP contribution in [0.4, 0.5) is 10.5 Å². The van der Waals surface area contributed by atoms with Crippen LogP contribution in [0.3, 0.4) is 0 Å². The number of benzene rings is 2. The molecule has 0 aliphatic heterocycles. The van der Waals surface area contributed by atoms with Crippen LogP contribution in [0.2, 0.25) is 0 Å². The minimum absolute atomic E-state index is 0.0143.